The summed E-state index contributed by atoms with van der Waals surface area (Å²) < 4.78 is 2.05. The summed E-state index contributed by atoms with van der Waals surface area (Å²) in [5.74, 6) is 1.11. The van der Waals surface area contributed by atoms with Gasteiger partial charge in [0.05, 0.1) is 5.56 Å². The highest BCUT2D eigenvalue weighted by molar-refractivity contribution is 5.63. The molecule has 0 fully saturated rings. The Morgan fingerprint density at radius 1 is 1.33 bits per heavy atom. The highest BCUT2D eigenvalue weighted by Gasteiger charge is 2.08. The topological polar surface area (TPSA) is 38.0 Å². The summed E-state index contributed by atoms with van der Waals surface area (Å²) in [6.07, 6.45) is 4.75. The Morgan fingerprint density at radius 2 is 2.13 bits per heavy atom. The average Bonchev–Trinajstić information content (AvgIpc) is 2.67. The molecule has 0 saturated carbocycles. The highest BCUT2D eigenvalue weighted by Crippen LogP contribution is 2.27. The van der Waals surface area contributed by atoms with Crippen molar-refractivity contribution in [3.8, 4) is 17.1 Å². The summed E-state index contributed by atoms with van der Waals surface area (Å²) in [6, 6.07) is 7.27. The average molecular weight is 202 g/mol. The van der Waals surface area contributed by atoms with Crippen molar-refractivity contribution in [3.05, 3.63) is 36.7 Å². The summed E-state index contributed by atoms with van der Waals surface area (Å²) in [6.45, 7) is 3.04. The van der Waals surface area contributed by atoms with Crippen molar-refractivity contribution < 1.29 is 5.11 Å². The normalized spacial score (nSPS) is 10.5. The number of aromatic nitrogens is 2. The minimum absolute atomic E-state index is 0.279. The van der Waals surface area contributed by atoms with E-state index in [1.165, 1.54) is 0 Å². The largest absolute Gasteiger partial charge is 0.507 e. The molecule has 0 saturated heterocycles. The standard InChI is InChI=1S/C12H14N2O/c1-2-8-14-9-7-13-12(14)10-5-3-4-6-11(10)15/h3-7,9,15H,2,8H2,1H3. The first kappa shape index (κ1) is 9.77. The van der Waals surface area contributed by atoms with Gasteiger partial charge in [0.15, 0.2) is 0 Å². The molecular formula is C12H14N2O. The molecule has 1 heterocycles. The fraction of sp³-hybridized carbons (Fsp3) is 0.250. The van der Waals surface area contributed by atoms with E-state index in [-0.39, 0.29) is 5.75 Å². The first-order valence-electron chi connectivity index (χ1n) is 5.12. The molecule has 0 aliphatic rings. The van der Waals surface area contributed by atoms with Crippen LogP contribution in [-0.4, -0.2) is 14.7 Å². The lowest BCUT2D eigenvalue weighted by molar-refractivity contribution is 0.476. The van der Waals surface area contributed by atoms with E-state index in [2.05, 4.69) is 16.5 Å². The van der Waals surface area contributed by atoms with E-state index >= 15 is 0 Å². The summed E-state index contributed by atoms with van der Waals surface area (Å²) >= 11 is 0. The Hall–Kier alpha value is -1.77. The van der Waals surface area contributed by atoms with E-state index in [9.17, 15) is 5.11 Å². The zero-order chi connectivity index (χ0) is 10.7. The molecule has 15 heavy (non-hydrogen) atoms. The van der Waals surface area contributed by atoms with E-state index in [4.69, 9.17) is 0 Å². The summed E-state index contributed by atoms with van der Waals surface area (Å²) in [5, 5.41) is 9.72. The summed E-state index contributed by atoms with van der Waals surface area (Å²) in [4.78, 5) is 4.27. The number of hydrogen-bond donors (Lipinski definition) is 1. The van der Waals surface area contributed by atoms with Crippen molar-refractivity contribution in [2.45, 2.75) is 19.9 Å². The Kier molecular flexibility index (Phi) is 2.72. The first-order valence-corrected chi connectivity index (χ1v) is 5.12. The van der Waals surface area contributed by atoms with Gasteiger partial charge in [-0.2, -0.15) is 0 Å². The van der Waals surface area contributed by atoms with E-state index in [0.717, 1.165) is 24.4 Å². The number of para-hydroxylation sites is 1. The van der Waals surface area contributed by atoms with Crippen LogP contribution < -0.4 is 0 Å². The maximum absolute atomic E-state index is 9.72. The lowest BCUT2D eigenvalue weighted by Gasteiger charge is -2.07. The van der Waals surface area contributed by atoms with Crippen LogP contribution in [0.25, 0.3) is 11.4 Å². The molecule has 0 aliphatic heterocycles. The zero-order valence-corrected chi connectivity index (χ0v) is 8.72. The predicted octanol–water partition coefficient (Wildman–Crippen LogP) is 2.67. The predicted molar refractivity (Wildman–Crippen MR) is 59.6 cm³/mol. The third-order valence-corrected chi connectivity index (χ3v) is 2.32. The second-order valence-electron chi connectivity index (χ2n) is 3.46. The molecule has 3 nitrogen and oxygen atoms in total. The Morgan fingerprint density at radius 3 is 2.87 bits per heavy atom. The SMILES string of the molecule is CCCn1ccnc1-c1ccccc1O. The zero-order valence-electron chi connectivity index (χ0n) is 8.72. The number of aromatic hydroxyl groups is 1. The first-order chi connectivity index (χ1) is 7.33. The van der Waals surface area contributed by atoms with Gasteiger partial charge in [-0.3, -0.25) is 0 Å². The maximum Gasteiger partial charge on any atom is 0.143 e. The lowest BCUT2D eigenvalue weighted by Crippen LogP contribution is -1.98. The van der Waals surface area contributed by atoms with Gasteiger partial charge in [0, 0.05) is 18.9 Å². The monoisotopic (exact) mass is 202 g/mol. The second kappa shape index (κ2) is 4.17. The van der Waals surface area contributed by atoms with Gasteiger partial charge in [-0.1, -0.05) is 19.1 Å². The lowest BCUT2D eigenvalue weighted by atomic mass is 10.2. The van der Waals surface area contributed by atoms with Crippen molar-refractivity contribution in [1.29, 1.82) is 0 Å². The molecule has 0 amide bonds. The van der Waals surface area contributed by atoms with E-state index in [0.29, 0.717) is 0 Å². The fourth-order valence-corrected chi connectivity index (χ4v) is 1.64. The quantitative estimate of drug-likeness (QED) is 0.830. The number of phenolic OH excluding ortho intramolecular Hbond substituents is 1. The molecule has 0 spiro atoms. The molecule has 0 unspecified atom stereocenters. The number of benzene rings is 1. The van der Waals surface area contributed by atoms with Crippen LogP contribution in [0.4, 0.5) is 0 Å². The molecule has 1 aromatic heterocycles. The van der Waals surface area contributed by atoms with Crippen LogP contribution in [0.3, 0.4) is 0 Å². The number of nitrogens with zero attached hydrogens (tertiary/aromatic N) is 2. The minimum Gasteiger partial charge on any atom is -0.507 e. The van der Waals surface area contributed by atoms with Crippen LogP contribution in [0.1, 0.15) is 13.3 Å². The van der Waals surface area contributed by atoms with Gasteiger partial charge < -0.3 is 9.67 Å². The minimum atomic E-state index is 0.279. The van der Waals surface area contributed by atoms with Gasteiger partial charge in [0.1, 0.15) is 11.6 Å². The second-order valence-corrected chi connectivity index (χ2v) is 3.46. The molecule has 2 aromatic rings. The molecule has 78 valence electrons. The molecular weight excluding hydrogens is 188 g/mol. The van der Waals surface area contributed by atoms with Gasteiger partial charge in [0.2, 0.25) is 0 Å². The maximum atomic E-state index is 9.72. The van der Waals surface area contributed by atoms with Crippen LogP contribution >= 0.6 is 0 Å². The summed E-state index contributed by atoms with van der Waals surface area (Å²) in [7, 11) is 0. The number of imidazole rings is 1. The van der Waals surface area contributed by atoms with E-state index in [1.54, 1.807) is 12.3 Å². The fourth-order valence-electron chi connectivity index (χ4n) is 1.64. The van der Waals surface area contributed by atoms with Gasteiger partial charge in [0.25, 0.3) is 0 Å². The van der Waals surface area contributed by atoms with E-state index < -0.39 is 0 Å². The molecule has 1 aromatic carbocycles. The van der Waals surface area contributed by atoms with Crippen LogP contribution in [0.2, 0.25) is 0 Å². The Balaban J connectivity index is 2.45. The molecule has 0 radical (unpaired) electrons. The number of aryl methyl sites for hydroxylation is 1. The van der Waals surface area contributed by atoms with Crippen molar-refractivity contribution >= 4 is 0 Å². The van der Waals surface area contributed by atoms with Crippen molar-refractivity contribution in [2.24, 2.45) is 0 Å². The Bertz CT molecular complexity index is 448. The van der Waals surface area contributed by atoms with Gasteiger partial charge in [-0.25, -0.2) is 4.98 Å². The third-order valence-electron chi connectivity index (χ3n) is 2.32. The third kappa shape index (κ3) is 1.86. The summed E-state index contributed by atoms with van der Waals surface area (Å²) in [5.41, 5.74) is 0.788. The van der Waals surface area contributed by atoms with Crippen molar-refractivity contribution in [3.63, 3.8) is 0 Å². The number of rotatable bonds is 3. The molecule has 3 heteroatoms. The van der Waals surface area contributed by atoms with Crippen LogP contribution in [0.5, 0.6) is 5.75 Å². The Labute approximate surface area is 89.0 Å². The van der Waals surface area contributed by atoms with Gasteiger partial charge in [-0.15, -0.1) is 0 Å². The van der Waals surface area contributed by atoms with E-state index in [1.807, 2.05) is 24.4 Å². The van der Waals surface area contributed by atoms with Crippen LogP contribution in [0.15, 0.2) is 36.7 Å². The number of phenols is 1. The van der Waals surface area contributed by atoms with Crippen molar-refractivity contribution in [2.75, 3.05) is 0 Å². The molecule has 0 bridgehead atoms. The molecule has 2 rings (SSSR count). The van der Waals surface area contributed by atoms with Crippen molar-refractivity contribution in [1.82, 2.24) is 9.55 Å². The molecule has 0 atom stereocenters. The molecule has 1 N–H and O–H groups in total. The smallest absolute Gasteiger partial charge is 0.143 e. The van der Waals surface area contributed by atoms with Gasteiger partial charge in [-0.05, 0) is 18.6 Å². The highest BCUT2D eigenvalue weighted by atomic mass is 16.3. The van der Waals surface area contributed by atoms with Gasteiger partial charge >= 0.3 is 0 Å². The molecule has 0 aliphatic carbocycles. The van der Waals surface area contributed by atoms with Crippen LogP contribution in [0, 0.1) is 0 Å². The van der Waals surface area contributed by atoms with Crippen LogP contribution in [-0.2, 0) is 6.54 Å². The number of hydrogen-bond acceptors (Lipinski definition) is 2.